The fourth-order valence-electron chi connectivity index (χ4n) is 3.72. The van der Waals surface area contributed by atoms with Crippen molar-refractivity contribution in [1.82, 2.24) is 10.2 Å². The zero-order valence-corrected chi connectivity index (χ0v) is 18.6. The quantitative estimate of drug-likeness (QED) is 0.711. The largest absolute Gasteiger partial charge is 0.493 e. The average molecular weight is 415 g/mol. The molecule has 6 heteroatoms. The maximum absolute atomic E-state index is 6.19. The highest BCUT2D eigenvalue weighted by Gasteiger charge is 2.31. The van der Waals surface area contributed by atoms with Crippen molar-refractivity contribution in [3.05, 3.63) is 53.1 Å². The molecule has 0 radical (unpaired) electrons. The molecular weight excluding hydrogens is 384 g/mol. The molecule has 0 aromatic heterocycles. The second-order valence-electron chi connectivity index (χ2n) is 7.46. The van der Waals surface area contributed by atoms with E-state index in [0.29, 0.717) is 17.6 Å². The number of hydrogen-bond acceptors (Lipinski definition) is 4. The number of fused-ring (bicyclic) bond motifs is 1. The van der Waals surface area contributed by atoms with E-state index in [4.69, 9.17) is 26.4 Å². The Hall–Kier alpha value is -2.47. The third kappa shape index (κ3) is 4.58. The number of ether oxygens (including phenoxy) is 3. The van der Waals surface area contributed by atoms with Crippen molar-refractivity contribution < 1.29 is 14.2 Å². The molecule has 0 aliphatic carbocycles. The van der Waals surface area contributed by atoms with Crippen LogP contribution in [0.15, 0.2) is 36.4 Å². The summed E-state index contributed by atoms with van der Waals surface area (Å²) in [7, 11) is 5.18. The summed E-state index contributed by atoms with van der Waals surface area (Å²) in [5, 5.41) is 3.83. The molecule has 29 heavy (non-hydrogen) atoms. The summed E-state index contributed by atoms with van der Waals surface area (Å²) in [5.74, 6) is 2.83. The predicted octanol–water partition coefficient (Wildman–Crippen LogP) is 4.31. The first-order valence-electron chi connectivity index (χ1n) is 9.94. The predicted molar refractivity (Wildman–Crippen MR) is 120 cm³/mol. The monoisotopic (exact) mass is 414 g/mol. The van der Waals surface area contributed by atoms with Crippen molar-refractivity contribution in [2.24, 2.45) is 0 Å². The Morgan fingerprint density at radius 2 is 1.79 bits per heavy atom. The van der Waals surface area contributed by atoms with Gasteiger partial charge in [0.2, 0.25) is 0 Å². The lowest BCUT2D eigenvalue weighted by Gasteiger charge is -2.39. The van der Waals surface area contributed by atoms with Gasteiger partial charge in [-0.25, -0.2) is 0 Å². The average Bonchev–Trinajstić information content (AvgIpc) is 2.75. The molecule has 0 unspecified atom stereocenters. The van der Waals surface area contributed by atoms with Crippen molar-refractivity contribution in [1.29, 1.82) is 0 Å². The molecule has 2 aromatic carbocycles. The minimum Gasteiger partial charge on any atom is -0.493 e. The Bertz CT molecular complexity index is 852. The van der Waals surface area contributed by atoms with Gasteiger partial charge in [-0.05, 0) is 65.5 Å². The second kappa shape index (κ2) is 9.35. The molecule has 5 nitrogen and oxygen atoms in total. The minimum absolute atomic E-state index is 0.0109. The molecule has 1 heterocycles. The maximum Gasteiger partial charge on any atom is 0.169 e. The fourth-order valence-corrected chi connectivity index (χ4v) is 3.94. The van der Waals surface area contributed by atoms with Crippen LogP contribution in [0.5, 0.6) is 17.2 Å². The molecule has 0 saturated carbocycles. The van der Waals surface area contributed by atoms with E-state index >= 15 is 0 Å². The van der Waals surface area contributed by atoms with E-state index in [1.807, 2.05) is 19.2 Å². The fraction of sp³-hybridized carbons (Fsp3) is 0.435. The van der Waals surface area contributed by atoms with Crippen LogP contribution in [0.25, 0.3) is 0 Å². The van der Waals surface area contributed by atoms with Crippen molar-refractivity contribution in [2.75, 3.05) is 34.4 Å². The van der Waals surface area contributed by atoms with Gasteiger partial charge in [0.25, 0.3) is 0 Å². The third-order valence-corrected chi connectivity index (χ3v) is 5.87. The smallest absolute Gasteiger partial charge is 0.169 e. The van der Waals surface area contributed by atoms with Crippen LogP contribution < -0.4 is 19.5 Å². The number of methoxy groups -OCH3 is 2. The molecule has 0 spiro atoms. The summed E-state index contributed by atoms with van der Waals surface area (Å²) in [4.78, 5) is 2.19. The van der Waals surface area contributed by atoms with Crippen LogP contribution in [0.3, 0.4) is 0 Å². The third-order valence-electron chi connectivity index (χ3n) is 5.43. The Morgan fingerprint density at radius 1 is 1.14 bits per heavy atom. The van der Waals surface area contributed by atoms with Crippen LogP contribution in [0.2, 0.25) is 0 Å². The lowest BCUT2D eigenvalue weighted by Crippen LogP contribution is -2.46. The molecular formula is C23H30N2O3S. The van der Waals surface area contributed by atoms with E-state index in [-0.39, 0.29) is 6.04 Å². The molecule has 0 saturated heterocycles. The van der Waals surface area contributed by atoms with Crippen LogP contribution in [-0.2, 0) is 6.42 Å². The normalized spacial score (nSPS) is 15.7. The highest BCUT2D eigenvalue weighted by Crippen LogP contribution is 2.38. The highest BCUT2D eigenvalue weighted by molar-refractivity contribution is 7.80. The summed E-state index contributed by atoms with van der Waals surface area (Å²) < 4.78 is 17.2. The van der Waals surface area contributed by atoms with E-state index < -0.39 is 0 Å². The molecule has 1 aliphatic heterocycles. The zero-order chi connectivity index (χ0) is 21.0. The molecule has 0 bridgehead atoms. The molecule has 1 atom stereocenters. The number of benzene rings is 2. The molecule has 156 valence electrons. The van der Waals surface area contributed by atoms with Gasteiger partial charge in [0.05, 0.1) is 20.3 Å². The Kier molecular flexibility index (Phi) is 6.85. The lowest BCUT2D eigenvalue weighted by atomic mass is 9.92. The van der Waals surface area contributed by atoms with Gasteiger partial charge in [0.15, 0.2) is 16.6 Å². The Morgan fingerprint density at radius 3 is 2.38 bits per heavy atom. The first-order valence-corrected chi connectivity index (χ1v) is 10.3. The van der Waals surface area contributed by atoms with Gasteiger partial charge in [-0.3, -0.25) is 0 Å². The standard InChI is InChI=1S/C23H30N2O3S/c1-15(2)16-6-8-18(9-7-16)28-14-20-19-13-22(27-5)21(26-4)12-17(19)10-11-25(20)23(29)24-3/h6-9,12-13,15,20H,10-11,14H2,1-5H3,(H,24,29)/t20-/m0/s1. The minimum atomic E-state index is -0.0109. The van der Waals surface area contributed by atoms with Gasteiger partial charge in [0, 0.05) is 13.6 Å². The van der Waals surface area contributed by atoms with Gasteiger partial charge in [-0.15, -0.1) is 0 Å². The first kappa shape index (κ1) is 21.2. The number of nitrogens with one attached hydrogen (secondary N) is 1. The van der Waals surface area contributed by atoms with Crippen LogP contribution in [0.1, 0.15) is 42.5 Å². The molecule has 2 aromatic rings. The molecule has 0 fully saturated rings. The van der Waals surface area contributed by atoms with Gasteiger partial charge >= 0.3 is 0 Å². The highest BCUT2D eigenvalue weighted by atomic mass is 32.1. The molecule has 0 amide bonds. The summed E-state index contributed by atoms with van der Waals surface area (Å²) in [6, 6.07) is 12.4. The number of hydrogen-bond donors (Lipinski definition) is 1. The van der Waals surface area contributed by atoms with Gasteiger partial charge in [-0.2, -0.15) is 0 Å². The van der Waals surface area contributed by atoms with Crippen LogP contribution in [0, 0.1) is 0 Å². The molecule has 3 rings (SSSR count). The first-order chi connectivity index (χ1) is 14.0. The number of nitrogens with zero attached hydrogens (tertiary/aromatic N) is 1. The van der Waals surface area contributed by atoms with Crippen LogP contribution in [-0.4, -0.2) is 44.4 Å². The summed E-state index contributed by atoms with van der Waals surface area (Å²) in [5.41, 5.74) is 3.70. The van der Waals surface area contributed by atoms with E-state index in [2.05, 4.69) is 48.3 Å². The lowest BCUT2D eigenvalue weighted by molar-refractivity contribution is 0.187. The van der Waals surface area contributed by atoms with Crippen molar-refractivity contribution in [2.45, 2.75) is 32.2 Å². The van der Waals surface area contributed by atoms with Gasteiger partial charge in [-0.1, -0.05) is 26.0 Å². The second-order valence-corrected chi connectivity index (χ2v) is 7.84. The number of rotatable bonds is 6. The Balaban J connectivity index is 1.89. The van der Waals surface area contributed by atoms with Gasteiger partial charge in [0.1, 0.15) is 12.4 Å². The van der Waals surface area contributed by atoms with Crippen LogP contribution >= 0.6 is 12.2 Å². The van der Waals surface area contributed by atoms with Gasteiger partial charge < -0.3 is 24.4 Å². The SMILES string of the molecule is CNC(=S)N1CCc2cc(OC)c(OC)cc2[C@@H]1COc1ccc(C(C)C)cc1. The summed E-state index contributed by atoms with van der Waals surface area (Å²) in [6.07, 6.45) is 0.886. The van der Waals surface area contributed by atoms with E-state index in [1.165, 1.54) is 11.1 Å². The van der Waals surface area contributed by atoms with Crippen LogP contribution in [0.4, 0.5) is 0 Å². The van der Waals surface area contributed by atoms with Crippen molar-refractivity contribution in [3.8, 4) is 17.2 Å². The zero-order valence-electron chi connectivity index (χ0n) is 17.8. The Labute approximate surface area is 179 Å². The number of thiocarbonyl (C=S) groups is 1. The maximum atomic E-state index is 6.19. The summed E-state index contributed by atoms with van der Waals surface area (Å²) >= 11 is 5.57. The topological polar surface area (TPSA) is 43.0 Å². The van der Waals surface area contributed by atoms with E-state index in [9.17, 15) is 0 Å². The van der Waals surface area contributed by atoms with Crippen molar-refractivity contribution >= 4 is 17.3 Å². The summed E-state index contributed by atoms with van der Waals surface area (Å²) in [6.45, 7) is 5.69. The van der Waals surface area contributed by atoms with E-state index in [0.717, 1.165) is 35.8 Å². The van der Waals surface area contributed by atoms with E-state index in [1.54, 1.807) is 14.2 Å². The molecule has 1 aliphatic rings. The molecule has 1 N–H and O–H groups in total. The van der Waals surface area contributed by atoms with Crippen molar-refractivity contribution in [3.63, 3.8) is 0 Å².